The van der Waals surface area contributed by atoms with Gasteiger partial charge in [-0.3, -0.25) is 4.79 Å². The van der Waals surface area contributed by atoms with Crippen molar-refractivity contribution in [3.63, 3.8) is 0 Å². The molecule has 1 atom stereocenters. The van der Waals surface area contributed by atoms with Gasteiger partial charge in [0.15, 0.2) is 6.10 Å². The molecular formula is C10H14N2O4. The molecule has 0 spiro atoms. The number of amides is 1. The van der Waals surface area contributed by atoms with Crippen LogP contribution in [0.15, 0.2) is 12.1 Å². The van der Waals surface area contributed by atoms with Crippen molar-refractivity contribution in [1.82, 2.24) is 9.88 Å². The third-order valence-electron chi connectivity index (χ3n) is 2.35. The van der Waals surface area contributed by atoms with Crippen LogP contribution in [0.2, 0.25) is 0 Å². The molecule has 0 saturated heterocycles. The van der Waals surface area contributed by atoms with E-state index in [2.05, 4.69) is 5.32 Å². The van der Waals surface area contributed by atoms with Gasteiger partial charge in [0.2, 0.25) is 0 Å². The predicted molar refractivity (Wildman–Crippen MR) is 56.1 cm³/mol. The highest BCUT2D eigenvalue weighted by atomic mass is 16.4. The van der Waals surface area contributed by atoms with Crippen molar-refractivity contribution in [2.75, 3.05) is 6.54 Å². The monoisotopic (exact) mass is 226 g/mol. The second-order valence-electron chi connectivity index (χ2n) is 3.48. The molecule has 6 nitrogen and oxygen atoms in total. The summed E-state index contributed by atoms with van der Waals surface area (Å²) in [4.78, 5) is 21.9. The lowest BCUT2D eigenvalue weighted by Crippen LogP contribution is -2.37. The number of aryl methyl sites for hydroxylation is 1. The number of hydrogen-bond acceptors (Lipinski definition) is 3. The molecule has 0 aliphatic heterocycles. The van der Waals surface area contributed by atoms with E-state index in [0.717, 1.165) is 5.69 Å². The number of nitrogens with zero attached hydrogens (tertiary/aromatic N) is 1. The van der Waals surface area contributed by atoms with E-state index >= 15 is 0 Å². The normalized spacial score (nSPS) is 12.2. The minimum Gasteiger partial charge on any atom is -0.479 e. The van der Waals surface area contributed by atoms with Crippen LogP contribution in [0.4, 0.5) is 0 Å². The third-order valence-corrected chi connectivity index (χ3v) is 2.35. The Labute approximate surface area is 92.5 Å². The van der Waals surface area contributed by atoms with Crippen LogP contribution < -0.4 is 5.32 Å². The van der Waals surface area contributed by atoms with Gasteiger partial charge in [0.25, 0.3) is 5.91 Å². The molecule has 1 aromatic rings. The molecule has 0 aliphatic carbocycles. The maximum atomic E-state index is 11.6. The SMILES string of the molecule is Cc1ccc(C(=O)NCC(O)C(=O)O)n1C. The predicted octanol–water partition coefficient (Wildman–Crippen LogP) is -0.491. The zero-order chi connectivity index (χ0) is 12.3. The molecule has 0 aliphatic rings. The van der Waals surface area contributed by atoms with Gasteiger partial charge >= 0.3 is 5.97 Å². The molecule has 0 radical (unpaired) electrons. The van der Waals surface area contributed by atoms with Gasteiger partial charge in [0.05, 0.1) is 6.54 Å². The minimum atomic E-state index is -1.58. The number of hydrogen-bond donors (Lipinski definition) is 3. The van der Waals surface area contributed by atoms with Gasteiger partial charge in [-0.25, -0.2) is 4.79 Å². The largest absolute Gasteiger partial charge is 0.479 e. The number of carboxylic acid groups (broad SMARTS) is 1. The van der Waals surface area contributed by atoms with Crippen LogP contribution in [0.25, 0.3) is 0 Å². The van der Waals surface area contributed by atoms with Crippen molar-refractivity contribution in [1.29, 1.82) is 0 Å². The molecule has 1 heterocycles. The summed E-state index contributed by atoms with van der Waals surface area (Å²) in [6, 6.07) is 3.42. The number of aliphatic hydroxyl groups is 1. The quantitative estimate of drug-likeness (QED) is 0.646. The highest BCUT2D eigenvalue weighted by Crippen LogP contribution is 2.05. The maximum absolute atomic E-state index is 11.6. The van der Waals surface area contributed by atoms with Crippen molar-refractivity contribution in [2.24, 2.45) is 7.05 Å². The Morgan fingerprint density at radius 2 is 2.12 bits per heavy atom. The minimum absolute atomic E-state index is 0.307. The standard InChI is InChI=1S/C10H14N2O4/c1-6-3-4-7(12(6)2)9(14)11-5-8(13)10(15)16/h3-4,8,13H,5H2,1-2H3,(H,11,14)(H,15,16). The Kier molecular flexibility index (Phi) is 3.68. The topological polar surface area (TPSA) is 91.6 Å². The molecule has 0 aromatic carbocycles. The number of aliphatic carboxylic acids is 1. The van der Waals surface area contributed by atoms with Crippen LogP contribution in [0, 0.1) is 6.92 Å². The summed E-state index contributed by atoms with van der Waals surface area (Å²) in [5.74, 6) is -1.76. The Balaban J connectivity index is 2.60. The Bertz CT molecular complexity index is 411. The first kappa shape index (κ1) is 12.3. The van der Waals surface area contributed by atoms with Gasteiger partial charge in [-0.05, 0) is 19.1 Å². The van der Waals surface area contributed by atoms with E-state index in [4.69, 9.17) is 10.2 Å². The molecule has 88 valence electrons. The van der Waals surface area contributed by atoms with Crippen LogP contribution >= 0.6 is 0 Å². The lowest BCUT2D eigenvalue weighted by atomic mass is 10.3. The summed E-state index contributed by atoms with van der Waals surface area (Å²) < 4.78 is 1.68. The smallest absolute Gasteiger partial charge is 0.334 e. The van der Waals surface area contributed by atoms with Crippen molar-refractivity contribution in [2.45, 2.75) is 13.0 Å². The number of carboxylic acids is 1. The zero-order valence-corrected chi connectivity index (χ0v) is 9.10. The highest BCUT2D eigenvalue weighted by Gasteiger charge is 2.16. The van der Waals surface area contributed by atoms with E-state index in [1.54, 1.807) is 23.7 Å². The van der Waals surface area contributed by atoms with Crippen LogP contribution in [-0.4, -0.2) is 39.3 Å². The number of carbonyl (C=O) groups is 2. The van der Waals surface area contributed by atoms with E-state index in [9.17, 15) is 9.59 Å². The molecule has 6 heteroatoms. The summed E-state index contributed by atoms with van der Waals surface area (Å²) in [5, 5.41) is 19.7. The van der Waals surface area contributed by atoms with Crippen LogP contribution in [0.1, 0.15) is 16.2 Å². The van der Waals surface area contributed by atoms with Gasteiger partial charge in [-0.1, -0.05) is 0 Å². The molecule has 0 saturated carbocycles. The zero-order valence-electron chi connectivity index (χ0n) is 9.10. The summed E-state index contributed by atoms with van der Waals surface area (Å²) in [7, 11) is 1.73. The van der Waals surface area contributed by atoms with E-state index in [-0.39, 0.29) is 6.54 Å². The van der Waals surface area contributed by atoms with Crippen LogP contribution in [0.3, 0.4) is 0 Å². The molecule has 1 aromatic heterocycles. The molecule has 1 unspecified atom stereocenters. The number of aromatic nitrogens is 1. The Morgan fingerprint density at radius 3 is 2.56 bits per heavy atom. The van der Waals surface area contributed by atoms with Crippen LogP contribution in [-0.2, 0) is 11.8 Å². The molecule has 16 heavy (non-hydrogen) atoms. The lowest BCUT2D eigenvalue weighted by Gasteiger charge is -2.08. The fourth-order valence-corrected chi connectivity index (χ4v) is 1.21. The number of rotatable bonds is 4. The molecular weight excluding hydrogens is 212 g/mol. The fourth-order valence-electron chi connectivity index (χ4n) is 1.21. The number of carbonyl (C=O) groups excluding carboxylic acids is 1. The highest BCUT2D eigenvalue weighted by molar-refractivity contribution is 5.93. The first-order valence-corrected chi connectivity index (χ1v) is 4.75. The van der Waals surface area contributed by atoms with Gasteiger partial charge < -0.3 is 20.1 Å². The first-order valence-electron chi connectivity index (χ1n) is 4.75. The summed E-state index contributed by atoms with van der Waals surface area (Å²) in [6.45, 7) is 1.54. The summed E-state index contributed by atoms with van der Waals surface area (Å²) in [6.07, 6.45) is -1.58. The van der Waals surface area contributed by atoms with Crippen molar-refractivity contribution < 1.29 is 19.8 Å². The average Bonchev–Trinajstić information content (AvgIpc) is 2.55. The van der Waals surface area contributed by atoms with Crippen molar-refractivity contribution in [3.05, 3.63) is 23.5 Å². The second-order valence-corrected chi connectivity index (χ2v) is 3.48. The van der Waals surface area contributed by atoms with Crippen molar-refractivity contribution in [3.8, 4) is 0 Å². The van der Waals surface area contributed by atoms with E-state index < -0.39 is 18.0 Å². The van der Waals surface area contributed by atoms with E-state index in [1.165, 1.54) is 0 Å². The Morgan fingerprint density at radius 1 is 1.50 bits per heavy atom. The van der Waals surface area contributed by atoms with E-state index in [1.807, 2.05) is 6.92 Å². The van der Waals surface area contributed by atoms with Gasteiger partial charge in [-0.2, -0.15) is 0 Å². The molecule has 0 bridgehead atoms. The molecule has 1 rings (SSSR count). The molecule has 3 N–H and O–H groups in total. The molecule has 1 amide bonds. The van der Waals surface area contributed by atoms with Gasteiger partial charge in [-0.15, -0.1) is 0 Å². The Hall–Kier alpha value is -1.82. The third kappa shape index (κ3) is 2.60. The van der Waals surface area contributed by atoms with Gasteiger partial charge in [0, 0.05) is 12.7 Å². The second kappa shape index (κ2) is 4.80. The molecule has 0 fully saturated rings. The van der Waals surface area contributed by atoms with Crippen LogP contribution in [0.5, 0.6) is 0 Å². The van der Waals surface area contributed by atoms with Crippen molar-refractivity contribution >= 4 is 11.9 Å². The lowest BCUT2D eigenvalue weighted by molar-refractivity contribution is -0.146. The first-order chi connectivity index (χ1) is 7.43. The summed E-state index contributed by atoms with van der Waals surface area (Å²) >= 11 is 0. The maximum Gasteiger partial charge on any atom is 0.334 e. The van der Waals surface area contributed by atoms with E-state index in [0.29, 0.717) is 5.69 Å². The van der Waals surface area contributed by atoms with Gasteiger partial charge in [0.1, 0.15) is 5.69 Å². The summed E-state index contributed by atoms with van der Waals surface area (Å²) in [5.41, 5.74) is 1.35. The number of aliphatic hydroxyl groups excluding tert-OH is 1. The number of nitrogens with one attached hydrogen (secondary N) is 1. The fraction of sp³-hybridized carbons (Fsp3) is 0.400. The average molecular weight is 226 g/mol.